The van der Waals surface area contributed by atoms with Crippen LogP contribution in [-0.4, -0.2) is 36.1 Å². The number of carbonyl (C=O) groups is 1. The molecule has 0 aromatic carbocycles. The lowest BCUT2D eigenvalue weighted by molar-refractivity contribution is -0.139. The lowest BCUT2D eigenvalue weighted by Gasteiger charge is -2.41. The molecule has 2 rings (SSSR count). The van der Waals surface area contributed by atoms with Gasteiger partial charge in [0.2, 0.25) is 0 Å². The molecule has 0 unspecified atom stereocenters. The van der Waals surface area contributed by atoms with Crippen molar-refractivity contribution in [2.45, 2.75) is 89.6 Å². The standard InChI is InChI=1S/C19H33NO2/c1-16(2)19(21)22-15-9-14-20(17-10-5-3-6-11-17)18-12-7-4-8-13-18/h17-18H,1,3-15H2,2H3. The smallest absolute Gasteiger partial charge is 0.333 e. The van der Waals surface area contributed by atoms with E-state index in [2.05, 4.69) is 11.5 Å². The van der Waals surface area contributed by atoms with E-state index in [0.29, 0.717) is 12.2 Å². The summed E-state index contributed by atoms with van der Waals surface area (Å²) in [7, 11) is 0. The zero-order valence-corrected chi connectivity index (χ0v) is 14.3. The van der Waals surface area contributed by atoms with Crippen molar-refractivity contribution in [2.75, 3.05) is 13.2 Å². The number of nitrogens with zero attached hydrogens (tertiary/aromatic N) is 1. The van der Waals surface area contributed by atoms with Gasteiger partial charge in [-0.15, -0.1) is 0 Å². The van der Waals surface area contributed by atoms with Gasteiger partial charge in [-0.1, -0.05) is 45.1 Å². The molecule has 3 heteroatoms. The first-order chi connectivity index (χ1) is 10.7. The fraction of sp³-hybridized carbons (Fsp3) is 0.842. The van der Waals surface area contributed by atoms with E-state index >= 15 is 0 Å². The van der Waals surface area contributed by atoms with E-state index in [9.17, 15) is 4.79 Å². The van der Waals surface area contributed by atoms with Gasteiger partial charge in [-0.2, -0.15) is 0 Å². The maximum absolute atomic E-state index is 11.5. The average molecular weight is 307 g/mol. The second kappa shape index (κ2) is 9.34. The molecule has 0 spiro atoms. The van der Waals surface area contributed by atoms with Crippen LogP contribution >= 0.6 is 0 Å². The molecule has 0 bridgehead atoms. The molecular formula is C19H33NO2. The van der Waals surface area contributed by atoms with E-state index < -0.39 is 0 Å². The maximum Gasteiger partial charge on any atom is 0.333 e. The second-order valence-corrected chi connectivity index (χ2v) is 7.09. The molecule has 0 N–H and O–H groups in total. The number of hydrogen-bond acceptors (Lipinski definition) is 3. The van der Waals surface area contributed by atoms with Crippen LogP contribution in [0.2, 0.25) is 0 Å². The predicted octanol–water partition coefficient (Wildman–Crippen LogP) is 4.46. The fourth-order valence-corrected chi connectivity index (χ4v) is 4.02. The topological polar surface area (TPSA) is 29.5 Å². The number of hydrogen-bond donors (Lipinski definition) is 0. The SMILES string of the molecule is C=C(C)C(=O)OCCCN(C1CCCCC1)C1CCCCC1. The summed E-state index contributed by atoms with van der Waals surface area (Å²) in [6, 6.07) is 1.54. The molecule has 3 nitrogen and oxygen atoms in total. The van der Waals surface area contributed by atoms with E-state index in [1.54, 1.807) is 6.92 Å². The molecule has 0 heterocycles. The van der Waals surface area contributed by atoms with Gasteiger partial charge in [0.05, 0.1) is 6.61 Å². The summed E-state index contributed by atoms with van der Waals surface area (Å²) in [5, 5.41) is 0. The monoisotopic (exact) mass is 307 g/mol. The normalized spacial score (nSPS) is 21.0. The van der Waals surface area contributed by atoms with E-state index in [-0.39, 0.29) is 5.97 Å². The Bertz CT molecular complexity index is 336. The third-order valence-electron chi connectivity index (χ3n) is 5.23. The summed E-state index contributed by atoms with van der Waals surface area (Å²) < 4.78 is 5.26. The number of carbonyl (C=O) groups excluding carboxylic acids is 1. The van der Waals surface area contributed by atoms with E-state index in [1.165, 1.54) is 64.2 Å². The third kappa shape index (κ3) is 5.42. The van der Waals surface area contributed by atoms with Gasteiger partial charge in [-0.3, -0.25) is 4.90 Å². The molecule has 2 aliphatic rings. The van der Waals surface area contributed by atoms with E-state index in [1.807, 2.05) is 0 Å². The zero-order chi connectivity index (χ0) is 15.8. The Hall–Kier alpha value is -0.830. The second-order valence-electron chi connectivity index (χ2n) is 7.09. The Morgan fingerprint density at radius 1 is 1.00 bits per heavy atom. The number of ether oxygens (including phenoxy) is 1. The van der Waals surface area contributed by atoms with Crippen molar-refractivity contribution in [2.24, 2.45) is 0 Å². The molecule has 0 radical (unpaired) electrons. The van der Waals surface area contributed by atoms with Crippen molar-refractivity contribution in [3.63, 3.8) is 0 Å². The van der Waals surface area contributed by atoms with Crippen molar-refractivity contribution < 1.29 is 9.53 Å². The van der Waals surface area contributed by atoms with Crippen LogP contribution in [0.5, 0.6) is 0 Å². The molecule has 2 saturated carbocycles. The highest BCUT2D eigenvalue weighted by Crippen LogP contribution is 2.30. The summed E-state index contributed by atoms with van der Waals surface area (Å²) in [5.74, 6) is -0.248. The quantitative estimate of drug-likeness (QED) is 0.395. The third-order valence-corrected chi connectivity index (χ3v) is 5.23. The lowest BCUT2D eigenvalue weighted by atomic mass is 9.88. The molecule has 0 aromatic heterocycles. The Balaban J connectivity index is 1.81. The Morgan fingerprint density at radius 2 is 1.50 bits per heavy atom. The van der Waals surface area contributed by atoms with Crippen LogP contribution in [0.1, 0.15) is 77.6 Å². The molecule has 2 fully saturated rings. The van der Waals surface area contributed by atoms with Gasteiger partial charge in [0.25, 0.3) is 0 Å². The van der Waals surface area contributed by atoms with Crippen LogP contribution in [0, 0.1) is 0 Å². The first-order valence-electron chi connectivity index (χ1n) is 9.27. The van der Waals surface area contributed by atoms with E-state index in [4.69, 9.17) is 4.74 Å². The van der Waals surface area contributed by atoms with Crippen molar-refractivity contribution >= 4 is 5.97 Å². The van der Waals surface area contributed by atoms with Crippen LogP contribution in [0.25, 0.3) is 0 Å². The Kier molecular flexibility index (Phi) is 7.44. The molecule has 0 saturated heterocycles. The molecule has 0 amide bonds. The van der Waals surface area contributed by atoms with Gasteiger partial charge < -0.3 is 4.74 Å². The number of rotatable bonds is 7. The van der Waals surface area contributed by atoms with Crippen molar-refractivity contribution in [3.8, 4) is 0 Å². The largest absolute Gasteiger partial charge is 0.462 e. The van der Waals surface area contributed by atoms with Crippen molar-refractivity contribution in [3.05, 3.63) is 12.2 Å². The summed E-state index contributed by atoms with van der Waals surface area (Å²) in [6.45, 7) is 6.95. The van der Waals surface area contributed by atoms with Crippen molar-refractivity contribution in [1.82, 2.24) is 4.90 Å². The summed E-state index contributed by atoms with van der Waals surface area (Å²) in [4.78, 5) is 14.2. The fourth-order valence-electron chi connectivity index (χ4n) is 4.02. The molecule has 0 atom stereocenters. The molecule has 0 aliphatic heterocycles. The molecular weight excluding hydrogens is 274 g/mol. The average Bonchev–Trinajstić information content (AvgIpc) is 2.56. The van der Waals surface area contributed by atoms with Crippen molar-refractivity contribution in [1.29, 1.82) is 0 Å². The summed E-state index contributed by atoms with van der Waals surface area (Å²) >= 11 is 0. The minimum Gasteiger partial charge on any atom is -0.462 e. The highest BCUT2D eigenvalue weighted by molar-refractivity contribution is 5.86. The number of esters is 1. The van der Waals surface area contributed by atoms with Gasteiger partial charge >= 0.3 is 5.97 Å². The van der Waals surface area contributed by atoms with Gasteiger partial charge in [0, 0.05) is 24.2 Å². The maximum atomic E-state index is 11.5. The van der Waals surface area contributed by atoms with Crippen LogP contribution in [-0.2, 0) is 9.53 Å². The highest BCUT2D eigenvalue weighted by atomic mass is 16.5. The van der Waals surface area contributed by atoms with Crippen LogP contribution < -0.4 is 0 Å². The van der Waals surface area contributed by atoms with Gasteiger partial charge in [-0.05, 0) is 39.0 Å². The Morgan fingerprint density at radius 3 is 1.95 bits per heavy atom. The highest BCUT2D eigenvalue weighted by Gasteiger charge is 2.28. The van der Waals surface area contributed by atoms with E-state index in [0.717, 1.165) is 25.0 Å². The van der Waals surface area contributed by atoms with Gasteiger partial charge in [0.15, 0.2) is 0 Å². The minimum atomic E-state index is -0.248. The molecule has 2 aliphatic carbocycles. The van der Waals surface area contributed by atoms with Crippen LogP contribution in [0.4, 0.5) is 0 Å². The summed E-state index contributed by atoms with van der Waals surface area (Å²) in [5.41, 5.74) is 0.497. The molecule has 0 aromatic rings. The van der Waals surface area contributed by atoms with Crippen LogP contribution in [0.3, 0.4) is 0 Å². The minimum absolute atomic E-state index is 0.248. The molecule has 22 heavy (non-hydrogen) atoms. The molecule has 126 valence electrons. The Labute approximate surface area is 136 Å². The van der Waals surface area contributed by atoms with Gasteiger partial charge in [-0.25, -0.2) is 4.79 Å². The predicted molar refractivity (Wildman–Crippen MR) is 90.8 cm³/mol. The zero-order valence-electron chi connectivity index (χ0n) is 14.3. The lowest BCUT2D eigenvalue weighted by Crippen LogP contribution is -2.45. The van der Waals surface area contributed by atoms with Crippen LogP contribution in [0.15, 0.2) is 12.2 Å². The first kappa shape index (κ1) is 17.5. The first-order valence-corrected chi connectivity index (χ1v) is 9.27. The summed E-state index contributed by atoms with van der Waals surface area (Å²) in [6.07, 6.45) is 14.8. The van der Waals surface area contributed by atoms with Gasteiger partial charge in [0.1, 0.15) is 0 Å².